The van der Waals surface area contributed by atoms with Gasteiger partial charge in [-0.2, -0.15) is 0 Å². The van der Waals surface area contributed by atoms with Gasteiger partial charge in [0.25, 0.3) is 6.43 Å². The average molecular weight is 208 g/mol. The summed E-state index contributed by atoms with van der Waals surface area (Å²) in [6.07, 6.45) is -4.72. The fourth-order valence-corrected chi connectivity index (χ4v) is 0.707. The molecule has 0 aliphatic heterocycles. The van der Waals surface area contributed by atoms with Crippen molar-refractivity contribution in [2.45, 2.75) is 26.2 Å². The predicted molar refractivity (Wildman–Crippen MR) is 41.9 cm³/mol. The number of carbonyl (C=O) groups excluding carboxylic acids is 3. The van der Waals surface area contributed by atoms with Crippen LogP contribution in [0.15, 0.2) is 0 Å². The monoisotopic (exact) mass is 208 g/mol. The molecule has 0 aliphatic rings. The molecule has 6 heteroatoms. The van der Waals surface area contributed by atoms with E-state index in [0.717, 1.165) is 0 Å². The quantitative estimate of drug-likeness (QED) is 0.477. The number of alkyl halides is 2. The zero-order chi connectivity index (χ0) is 11.1. The number of hydrogen-bond donors (Lipinski definition) is 0. The van der Waals surface area contributed by atoms with Gasteiger partial charge in [0.1, 0.15) is 6.42 Å². The van der Waals surface area contributed by atoms with Crippen LogP contribution in [0.5, 0.6) is 0 Å². The third-order valence-electron chi connectivity index (χ3n) is 1.26. The fraction of sp³-hybridized carbons (Fsp3) is 0.625. The molecule has 0 N–H and O–H groups in total. The molecule has 0 spiro atoms. The van der Waals surface area contributed by atoms with Crippen LogP contribution < -0.4 is 0 Å². The third-order valence-corrected chi connectivity index (χ3v) is 1.26. The number of rotatable bonds is 6. The Morgan fingerprint density at radius 1 is 1.21 bits per heavy atom. The molecule has 0 fully saturated rings. The van der Waals surface area contributed by atoms with Crippen molar-refractivity contribution in [1.29, 1.82) is 0 Å². The smallest absolute Gasteiger partial charge is 0.313 e. The minimum atomic E-state index is -3.17. The van der Waals surface area contributed by atoms with Crippen molar-refractivity contribution < 1.29 is 27.9 Å². The number of hydrogen-bond acceptors (Lipinski definition) is 4. The van der Waals surface area contributed by atoms with Gasteiger partial charge in [0.15, 0.2) is 5.78 Å². The lowest BCUT2D eigenvalue weighted by molar-refractivity contribution is -0.146. The van der Waals surface area contributed by atoms with Gasteiger partial charge in [-0.15, -0.1) is 0 Å². The number of ether oxygens (including phenoxy) is 1. The van der Waals surface area contributed by atoms with E-state index in [1.54, 1.807) is 6.92 Å². The summed E-state index contributed by atoms with van der Waals surface area (Å²) in [6, 6.07) is 0. The van der Waals surface area contributed by atoms with Crippen molar-refractivity contribution in [2.75, 3.05) is 6.61 Å². The lowest BCUT2D eigenvalue weighted by Gasteiger charge is -2.00. The minimum absolute atomic E-state index is 0.106. The van der Waals surface area contributed by atoms with Crippen LogP contribution >= 0.6 is 0 Å². The Hall–Kier alpha value is -1.33. The van der Waals surface area contributed by atoms with Crippen molar-refractivity contribution in [3.63, 3.8) is 0 Å². The molecule has 80 valence electrons. The summed E-state index contributed by atoms with van der Waals surface area (Å²) in [4.78, 5) is 31.8. The van der Waals surface area contributed by atoms with Crippen LogP contribution in [-0.2, 0) is 19.1 Å². The Kier molecular flexibility index (Phi) is 5.59. The molecule has 0 aromatic heterocycles. The molecule has 0 rings (SSSR count). The highest BCUT2D eigenvalue weighted by Crippen LogP contribution is 2.01. The Balaban J connectivity index is 3.87. The molecule has 14 heavy (non-hydrogen) atoms. The second-order valence-electron chi connectivity index (χ2n) is 2.46. The van der Waals surface area contributed by atoms with Crippen molar-refractivity contribution >= 4 is 17.5 Å². The Bertz CT molecular complexity index is 237. The summed E-state index contributed by atoms with van der Waals surface area (Å²) >= 11 is 0. The molecule has 0 radical (unpaired) electrons. The predicted octanol–water partition coefficient (Wildman–Crippen LogP) is 0.733. The van der Waals surface area contributed by atoms with E-state index in [-0.39, 0.29) is 6.61 Å². The van der Waals surface area contributed by atoms with E-state index in [1.165, 1.54) is 0 Å². The second kappa shape index (κ2) is 6.17. The van der Waals surface area contributed by atoms with Gasteiger partial charge in [0, 0.05) is 0 Å². The SMILES string of the molecule is CCOC(=O)CC(=O)CC(=O)C(F)F. The Labute approximate surface area is 79.2 Å². The molecule has 0 heterocycles. The highest BCUT2D eigenvalue weighted by Gasteiger charge is 2.20. The van der Waals surface area contributed by atoms with Crippen molar-refractivity contribution in [1.82, 2.24) is 0 Å². The van der Waals surface area contributed by atoms with E-state index in [9.17, 15) is 23.2 Å². The topological polar surface area (TPSA) is 60.4 Å². The first-order valence-corrected chi connectivity index (χ1v) is 3.95. The van der Waals surface area contributed by atoms with Gasteiger partial charge >= 0.3 is 5.97 Å². The lowest BCUT2D eigenvalue weighted by Crippen LogP contribution is -2.18. The molecular formula is C8H10F2O4. The molecule has 0 bridgehead atoms. The normalized spacial score (nSPS) is 10.0. The van der Waals surface area contributed by atoms with Crippen LogP contribution in [0.25, 0.3) is 0 Å². The highest BCUT2D eigenvalue weighted by atomic mass is 19.3. The Morgan fingerprint density at radius 2 is 1.79 bits per heavy atom. The number of Topliss-reactive ketones (excluding diaryl/α,β-unsaturated/α-hetero) is 2. The number of esters is 1. The van der Waals surface area contributed by atoms with Crippen LogP contribution in [0.2, 0.25) is 0 Å². The van der Waals surface area contributed by atoms with Crippen LogP contribution in [0.4, 0.5) is 8.78 Å². The molecule has 0 amide bonds. The van der Waals surface area contributed by atoms with Crippen LogP contribution in [0.1, 0.15) is 19.8 Å². The average Bonchev–Trinajstić information content (AvgIpc) is 2.03. The maximum absolute atomic E-state index is 11.7. The van der Waals surface area contributed by atoms with Gasteiger partial charge in [-0.25, -0.2) is 8.78 Å². The van der Waals surface area contributed by atoms with Crippen molar-refractivity contribution in [3.05, 3.63) is 0 Å². The summed E-state index contributed by atoms with van der Waals surface area (Å²) in [7, 11) is 0. The fourth-order valence-electron chi connectivity index (χ4n) is 0.707. The maximum atomic E-state index is 11.7. The molecular weight excluding hydrogens is 198 g/mol. The molecule has 0 atom stereocenters. The first kappa shape index (κ1) is 12.7. The molecule has 0 aromatic rings. The highest BCUT2D eigenvalue weighted by molar-refractivity contribution is 6.06. The summed E-state index contributed by atoms with van der Waals surface area (Å²) in [5.74, 6) is -3.13. The van der Waals surface area contributed by atoms with Gasteiger partial charge in [-0.3, -0.25) is 14.4 Å². The Morgan fingerprint density at radius 3 is 2.21 bits per heavy atom. The van der Waals surface area contributed by atoms with E-state index in [2.05, 4.69) is 4.74 Å². The first-order valence-electron chi connectivity index (χ1n) is 3.95. The van der Waals surface area contributed by atoms with Crippen LogP contribution in [0, 0.1) is 0 Å². The lowest BCUT2D eigenvalue weighted by atomic mass is 10.1. The number of halogens is 2. The summed E-state index contributed by atoms with van der Waals surface area (Å²) in [5, 5.41) is 0. The summed E-state index contributed by atoms with van der Waals surface area (Å²) in [6.45, 7) is 1.65. The zero-order valence-corrected chi connectivity index (χ0v) is 7.59. The second-order valence-corrected chi connectivity index (χ2v) is 2.46. The van der Waals surface area contributed by atoms with E-state index in [4.69, 9.17) is 0 Å². The number of carbonyl (C=O) groups is 3. The van der Waals surface area contributed by atoms with E-state index < -0.39 is 36.8 Å². The molecule has 0 saturated heterocycles. The molecule has 0 saturated carbocycles. The van der Waals surface area contributed by atoms with Gasteiger partial charge in [-0.1, -0.05) is 0 Å². The van der Waals surface area contributed by atoms with Crippen molar-refractivity contribution in [3.8, 4) is 0 Å². The number of ketones is 2. The van der Waals surface area contributed by atoms with Crippen LogP contribution in [-0.4, -0.2) is 30.6 Å². The van der Waals surface area contributed by atoms with Crippen molar-refractivity contribution in [2.24, 2.45) is 0 Å². The standard InChI is InChI=1S/C8H10F2O4/c1-2-14-7(13)4-5(11)3-6(12)8(9)10/h8H,2-4H2,1H3. The third kappa shape index (κ3) is 5.34. The van der Waals surface area contributed by atoms with Gasteiger partial charge in [0.2, 0.25) is 5.78 Å². The van der Waals surface area contributed by atoms with E-state index >= 15 is 0 Å². The summed E-state index contributed by atoms with van der Waals surface area (Å²) < 4.78 is 27.7. The molecule has 0 aromatic carbocycles. The van der Waals surface area contributed by atoms with Gasteiger partial charge in [0.05, 0.1) is 13.0 Å². The minimum Gasteiger partial charge on any atom is -0.466 e. The zero-order valence-electron chi connectivity index (χ0n) is 7.59. The van der Waals surface area contributed by atoms with Crippen LogP contribution in [0.3, 0.4) is 0 Å². The summed E-state index contributed by atoms with van der Waals surface area (Å²) in [5.41, 5.74) is 0. The van der Waals surface area contributed by atoms with E-state index in [1.807, 2.05) is 0 Å². The first-order chi connectivity index (χ1) is 6.47. The van der Waals surface area contributed by atoms with Gasteiger partial charge < -0.3 is 4.74 Å². The molecule has 0 aliphatic carbocycles. The van der Waals surface area contributed by atoms with Gasteiger partial charge in [-0.05, 0) is 6.92 Å². The maximum Gasteiger partial charge on any atom is 0.313 e. The molecule has 0 unspecified atom stereocenters. The molecule has 4 nitrogen and oxygen atoms in total. The largest absolute Gasteiger partial charge is 0.466 e. The van der Waals surface area contributed by atoms with E-state index in [0.29, 0.717) is 0 Å².